The third-order valence-corrected chi connectivity index (χ3v) is 2.67. The van der Waals surface area contributed by atoms with Crippen molar-refractivity contribution in [1.82, 2.24) is 10.6 Å². The highest BCUT2D eigenvalue weighted by Gasteiger charge is 1.98. The minimum absolute atomic E-state index is 0. The second kappa shape index (κ2) is 10.9. The van der Waals surface area contributed by atoms with Gasteiger partial charge in [0.05, 0.1) is 7.11 Å². The van der Waals surface area contributed by atoms with Gasteiger partial charge in [-0.05, 0) is 24.1 Å². The zero-order valence-electron chi connectivity index (χ0n) is 11.9. The normalized spacial score (nSPS) is 10.6. The molecule has 0 aliphatic heterocycles. The molecule has 5 heteroatoms. The van der Waals surface area contributed by atoms with Gasteiger partial charge in [0.2, 0.25) is 0 Å². The third-order valence-electron chi connectivity index (χ3n) is 2.67. The predicted molar refractivity (Wildman–Crippen MR) is 91.5 cm³/mol. The standard InChI is InChI=1S/C14H23N3O.HI/c1-4-5-10-16-14(15-2)17-11-12-6-8-13(18-3)9-7-12;/h6-9H,4-5,10-11H2,1-3H3,(H2,15,16,17);1H. The number of rotatable bonds is 6. The fraction of sp³-hybridized carbons (Fsp3) is 0.500. The molecule has 0 aromatic heterocycles. The molecule has 0 fully saturated rings. The van der Waals surface area contributed by atoms with Crippen molar-refractivity contribution in [3.63, 3.8) is 0 Å². The molecule has 0 saturated carbocycles. The van der Waals surface area contributed by atoms with E-state index in [0.29, 0.717) is 0 Å². The molecule has 0 saturated heterocycles. The number of unbranched alkanes of at least 4 members (excludes halogenated alkanes) is 1. The van der Waals surface area contributed by atoms with Crippen LogP contribution in [0, 0.1) is 0 Å². The number of hydrogen-bond acceptors (Lipinski definition) is 2. The van der Waals surface area contributed by atoms with Gasteiger partial charge in [-0.1, -0.05) is 25.5 Å². The summed E-state index contributed by atoms with van der Waals surface area (Å²) in [6.45, 7) is 3.89. The lowest BCUT2D eigenvalue weighted by Gasteiger charge is -2.11. The van der Waals surface area contributed by atoms with Gasteiger partial charge in [-0.25, -0.2) is 0 Å². The highest BCUT2D eigenvalue weighted by molar-refractivity contribution is 14.0. The number of benzene rings is 1. The Kier molecular flexibility index (Phi) is 10.3. The molecule has 4 nitrogen and oxygen atoms in total. The number of aliphatic imine (C=N–C) groups is 1. The van der Waals surface area contributed by atoms with Crippen LogP contribution in [0.4, 0.5) is 0 Å². The van der Waals surface area contributed by atoms with E-state index in [4.69, 9.17) is 4.74 Å². The van der Waals surface area contributed by atoms with E-state index in [1.165, 1.54) is 12.0 Å². The molecule has 0 bridgehead atoms. The van der Waals surface area contributed by atoms with Crippen LogP contribution in [0.1, 0.15) is 25.3 Å². The van der Waals surface area contributed by atoms with Crippen LogP contribution in [0.15, 0.2) is 29.3 Å². The van der Waals surface area contributed by atoms with Gasteiger partial charge in [-0.2, -0.15) is 0 Å². The molecular formula is C14H24IN3O. The molecule has 0 amide bonds. The molecule has 0 aliphatic carbocycles. The first-order valence-electron chi connectivity index (χ1n) is 6.37. The molecule has 1 aromatic carbocycles. The largest absolute Gasteiger partial charge is 0.497 e. The first kappa shape index (κ1) is 18.0. The van der Waals surface area contributed by atoms with Gasteiger partial charge < -0.3 is 15.4 Å². The maximum atomic E-state index is 5.12. The highest BCUT2D eigenvalue weighted by Crippen LogP contribution is 2.10. The summed E-state index contributed by atoms with van der Waals surface area (Å²) in [6.07, 6.45) is 2.34. The van der Waals surface area contributed by atoms with Crippen molar-refractivity contribution in [2.45, 2.75) is 26.3 Å². The topological polar surface area (TPSA) is 45.7 Å². The summed E-state index contributed by atoms with van der Waals surface area (Å²) in [4.78, 5) is 4.18. The number of halogens is 1. The van der Waals surface area contributed by atoms with Crippen molar-refractivity contribution in [2.75, 3.05) is 20.7 Å². The molecule has 0 spiro atoms. The lowest BCUT2D eigenvalue weighted by molar-refractivity contribution is 0.414. The quantitative estimate of drug-likeness (QED) is 0.347. The SMILES string of the molecule is CCCCNC(=NC)NCc1ccc(OC)cc1.I. The molecule has 0 radical (unpaired) electrons. The van der Waals surface area contributed by atoms with Crippen LogP contribution in [0.5, 0.6) is 5.75 Å². The van der Waals surface area contributed by atoms with Crippen LogP contribution in [0.2, 0.25) is 0 Å². The maximum absolute atomic E-state index is 5.12. The molecule has 1 rings (SSSR count). The number of nitrogens with zero attached hydrogens (tertiary/aromatic N) is 1. The second-order valence-corrected chi connectivity index (χ2v) is 4.05. The average Bonchev–Trinajstić information content (AvgIpc) is 2.43. The summed E-state index contributed by atoms with van der Waals surface area (Å²) in [5.74, 6) is 1.73. The molecular weight excluding hydrogens is 353 g/mol. The number of hydrogen-bond donors (Lipinski definition) is 2. The summed E-state index contributed by atoms with van der Waals surface area (Å²) < 4.78 is 5.12. The Labute approximate surface area is 133 Å². The van der Waals surface area contributed by atoms with Crippen LogP contribution in [0.25, 0.3) is 0 Å². The van der Waals surface area contributed by atoms with E-state index in [0.717, 1.165) is 31.2 Å². The van der Waals surface area contributed by atoms with Crippen molar-refractivity contribution >= 4 is 29.9 Å². The summed E-state index contributed by atoms with van der Waals surface area (Å²) in [5.41, 5.74) is 1.20. The Balaban J connectivity index is 0.00000324. The lowest BCUT2D eigenvalue weighted by Crippen LogP contribution is -2.37. The zero-order valence-corrected chi connectivity index (χ0v) is 14.2. The van der Waals surface area contributed by atoms with E-state index in [-0.39, 0.29) is 24.0 Å². The molecule has 108 valence electrons. The van der Waals surface area contributed by atoms with Crippen LogP contribution in [0.3, 0.4) is 0 Å². The van der Waals surface area contributed by atoms with Crippen LogP contribution in [-0.2, 0) is 6.54 Å². The number of ether oxygens (including phenoxy) is 1. The van der Waals surface area contributed by atoms with Gasteiger partial charge in [0, 0.05) is 20.1 Å². The molecule has 0 heterocycles. The minimum Gasteiger partial charge on any atom is -0.497 e. The smallest absolute Gasteiger partial charge is 0.191 e. The fourth-order valence-electron chi connectivity index (χ4n) is 1.53. The summed E-state index contributed by atoms with van der Waals surface area (Å²) in [6, 6.07) is 8.02. The van der Waals surface area contributed by atoms with E-state index in [1.807, 2.05) is 24.3 Å². The molecule has 2 N–H and O–H groups in total. The average molecular weight is 377 g/mol. The Morgan fingerprint density at radius 3 is 2.42 bits per heavy atom. The van der Waals surface area contributed by atoms with Crippen LogP contribution >= 0.6 is 24.0 Å². The number of guanidine groups is 1. The maximum Gasteiger partial charge on any atom is 0.191 e. The summed E-state index contributed by atoms with van der Waals surface area (Å²) >= 11 is 0. The Morgan fingerprint density at radius 2 is 1.89 bits per heavy atom. The van der Waals surface area contributed by atoms with Crippen molar-refractivity contribution < 1.29 is 4.74 Å². The summed E-state index contributed by atoms with van der Waals surface area (Å²) in [7, 11) is 3.46. The second-order valence-electron chi connectivity index (χ2n) is 4.05. The van der Waals surface area contributed by atoms with E-state index >= 15 is 0 Å². The number of nitrogens with one attached hydrogen (secondary N) is 2. The van der Waals surface area contributed by atoms with Crippen LogP contribution < -0.4 is 15.4 Å². The van der Waals surface area contributed by atoms with E-state index < -0.39 is 0 Å². The van der Waals surface area contributed by atoms with Crippen molar-refractivity contribution in [3.05, 3.63) is 29.8 Å². The molecule has 1 aromatic rings. The molecule has 0 unspecified atom stereocenters. The molecule has 19 heavy (non-hydrogen) atoms. The predicted octanol–water partition coefficient (Wildman–Crippen LogP) is 2.78. The van der Waals surface area contributed by atoms with Gasteiger partial charge in [0.1, 0.15) is 5.75 Å². The van der Waals surface area contributed by atoms with Gasteiger partial charge in [0.25, 0.3) is 0 Å². The minimum atomic E-state index is 0. The van der Waals surface area contributed by atoms with Gasteiger partial charge in [0.15, 0.2) is 5.96 Å². The fourth-order valence-corrected chi connectivity index (χ4v) is 1.53. The Morgan fingerprint density at radius 1 is 1.21 bits per heavy atom. The van der Waals surface area contributed by atoms with Gasteiger partial charge in [-0.15, -0.1) is 24.0 Å². The van der Waals surface area contributed by atoms with E-state index in [2.05, 4.69) is 22.5 Å². The Hall–Kier alpha value is -0.980. The highest BCUT2D eigenvalue weighted by atomic mass is 127. The Bertz CT molecular complexity index is 365. The number of methoxy groups -OCH3 is 1. The monoisotopic (exact) mass is 377 g/mol. The van der Waals surface area contributed by atoms with E-state index in [1.54, 1.807) is 14.2 Å². The van der Waals surface area contributed by atoms with Crippen molar-refractivity contribution in [3.8, 4) is 5.75 Å². The van der Waals surface area contributed by atoms with E-state index in [9.17, 15) is 0 Å². The first-order chi connectivity index (χ1) is 8.80. The van der Waals surface area contributed by atoms with Crippen molar-refractivity contribution in [2.24, 2.45) is 4.99 Å². The first-order valence-corrected chi connectivity index (χ1v) is 6.37. The van der Waals surface area contributed by atoms with Crippen LogP contribution in [-0.4, -0.2) is 26.7 Å². The third kappa shape index (κ3) is 7.25. The zero-order chi connectivity index (χ0) is 13.2. The molecule has 0 aliphatic rings. The summed E-state index contributed by atoms with van der Waals surface area (Å²) in [5, 5.41) is 6.56. The van der Waals surface area contributed by atoms with Gasteiger partial charge in [-0.3, -0.25) is 4.99 Å². The molecule has 0 atom stereocenters. The lowest BCUT2D eigenvalue weighted by atomic mass is 10.2. The van der Waals surface area contributed by atoms with Gasteiger partial charge >= 0.3 is 0 Å². The van der Waals surface area contributed by atoms with Crippen molar-refractivity contribution in [1.29, 1.82) is 0 Å².